The Morgan fingerprint density at radius 2 is 1.83 bits per heavy atom. The molecule has 1 saturated heterocycles. The van der Waals surface area contributed by atoms with Crippen LogP contribution in [0.4, 0.5) is 4.79 Å². The van der Waals surface area contributed by atoms with Crippen LogP contribution in [0, 0.1) is 5.21 Å². The lowest BCUT2D eigenvalue weighted by Gasteiger charge is -2.38. The summed E-state index contributed by atoms with van der Waals surface area (Å²) in [7, 11) is 0. The molecular formula is C7H14N2O3. The molecule has 1 unspecified atom stereocenters. The van der Waals surface area contributed by atoms with Crippen molar-refractivity contribution in [2.45, 2.75) is 38.8 Å². The van der Waals surface area contributed by atoms with Gasteiger partial charge in [-0.05, 0) is 27.7 Å². The molecule has 0 radical (unpaired) electrons. The molecular weight excluding hydrogens is 160 g/mol. The number of quaternary nitrogens is 1. The highest BCUT2D eigenvalue weighted by molar-refractivity contribution is 5.69. The zero-order valence-electron chi connectivity index (χ0n) is 7.71. The zero-order chi connectivity index (χ0) is 9.73. The van der Waals surface area contributed by atoms with E-state index in [0.29, 0.717) is 5.06 Å². The third kappa shape index (κ3) is 0.811. The molecule has 0 aromatic rings. The molecule has 12 heavy (non-hydrogen) atoms. The van der Waals surface area contributed by atoms with E-state index in [-0.39, 0.29) is 5.06 Å². The minimum absolute atomic E-state index is 0.336. The normalized spacial score (nSPS) is 32.7. The lowest BCUT2D eigenvalue weighted by Crippen LogP contribution is -3.18. The molecule has 70 valence electrons. The summed E-state index contributed by atoms with van der Waals surface area (Å²) in [5.41, 5.74) is -1.64. The molecule has 0 saturated carbocycles. The topological polar surface area (TPSA) is 68.0 Å². The average molecular weight is 174 g/mol. The third-order valence-electron chi connectivity index (χ3n) is 3.02. The maximum Gasteiger partial charge on any atom is 0.440 e. The van der Waals surface area contributed by atoms with Crippen LogP contribution in [0.15, 0.2) is 0 Å². The molecule has 2 N–H and O–H groups in total. The second-order valence-electron chi connectivity index (χ2n) is 4.13. The van der Waals surface area contributed by atoms with Gasteiger partial charge in [-0.15, -0.1) is 5.06 Å². The van der Waals surface area contributed by atoms with Crippen molar-refractivity contribution in [3.8, 4) is 0 Å². The van der Waals surface area contributed by atoms with Gasteiger partial charge in [0, 0.05) is 0 Å². The molecule has 0 bridgehead atoms. The Labute approximate surface area is 71.1 Å². The van der Waals surface area contributed by atoms with Crippen LogP contribution in [0.1, 0.15) is 27.7 Å². The number of rotatable bonds is 0. The number of hydroxylamine groups is 4. The number of nitrogens with zero attached hydrogens (tertiary/aromatic N) is 1. The van der Waals surface area contributed by atoms with E-state index < -0.39 is 17.1 Å². The fourth-order valence-corrected chi connectivity index (χ4v) is 1.16. The first-order valence-corrected chi connectivity index (χ1v) is 3.81. The Bertz CT molecular complexity index is 203. The number of hydrogen-bond acceptors (Lipinski definition) is 3. The van der Waals surface area contributed by atoms with E-state index in [2.05, 4.69) is 0 Å². The van der Waals surface area contributed by atoms with E-state index in [0.717, 1.165) is 0 Å². The minimum atomic E-state index is -0.867. The summed E-state index contributed by atoms with van der Waals surface area (Å²) in [6.45, 7) is 6.64. The lowest BCUT2D eigenvalue weighted by atomic mass is 9.84. The van der Waals surface area contributed by atoms with Crippen LogP contribution in [0.25, 0.3) is 0 Å². The highest BCUT2D eigenvalue weighted by Crippen LogP contribution is 2.28. The molecule has 1 fully saturated rings. The Morgan fingerprint density at radius 1 is 1.42 bits per heavy atom. The van der Waals surface area contributed by atoms with Gasteiger partial charge in [0.15, 0.2) is 5.54 Å². The minimum Gasteiger partial charge on any atom is -0.751 e. The van der Waals surface area contributed by atoms with E-state index >= 15 is 0 Å². The van der Waals surface area contributed by atoms with Crippen molar-refractivity contribution in [3.63, 3.8) is 0 Å². The highest BCUT2D eigenvalue weighted by Gasteiger charge is 2.59. The largest absolute Gasteiger partial charge is 0.751 e. The Kier molecular flexibility index (Phi) is 1.72. The summed E-state index contributed by atoms with van der Waals surface area (Å²) in [6.07, 6.45) is 0. The SMILES string of the molecule is CC1(C)N([O-])C(=O)[NH+](O)C1(C)C. The molecule has 0 spiro atoms. The summed E-state index contributed by atoms with van der Waals surface area (Å²) in [5.74, 6) is 0. The molecule has 0 aliphatic carbocycles. The van der Waals surface area contributed by atoms with Gasteiger partial charge in [0.25, 0.3) is 0 Å². The molecule has 1 aliphatic heterocycles. The van der Waals surface area contributed by atoms with Crippen LogP contribution in [-0.2, 0) is 0 Å². The summed E-state index contributed by atoms with van der Waals surface area (Å²) in [6, 6.07) is -0.815. The maximum atomic E-state index is 11.2. The molecule has 0 aromatic carbocycles. The third-order valence-corrected chi connectivity index (χ3v) is 3.02. The summed E-state index contributed by atoms with van der Waals surface area (Å²) in [4.78, 5) is 11.1. The summed E-state index contributed by atoms with van der Waals surface area (Å²) in [5, 5.41) is 20.6. The van der Waals surface area contributed by atoms with Gasteiger partial charge in [0.05, 0.1) is 5.54 Å². The van der Waals surface area contributed by atoms with E-state index in [9.17, 15) is 15.2 Å². The van der Waals surface area contributed by atoms with Crippen LogP contribution in [-0.4, -0.2) is 27.4 Å². The van der Waals surface area contributed by atoms with Crippen molar-refractivity contribution in [1.29, 1.82) is 0 Å². The number of urea groups is 1. The second-order valence-corrected chi connectivity index (χ2v) is 4.13. The first-order chi connectivity index (χ1) is 5.23. The van der Waals surface area contributed by atoms with Crippen molar-refractivity contribution < 1.29 is 15.1 Å². The Balaban J connectivity index is 3.14. The van der Waals surface area contributed by atoms with Crippen LogP contribution >= 0.6 is 0 Å². The fraction of sp³-hybridized carbons (Fsp3) is 0.857. The molecule has 1 rings (SSSR count). The highest BCUT2D eigenvalue weighted by atomic mass is 16.6. The van der Waals surface area contributed by atoms with E-state index in [1.807, 2.05) is 0 Å². The fourth-order valence-electron chi connectivity index (χ4n) is 1.16. The van der Waals surface area contributed by atoms with Crippen molar-refractivity contribution >= 4 is 6.03 Å². The van der Waals surface area contributed by atoms with Crippen LogP contribution in [0.5, 0.6) is 0 Å². The first kappa shape index (κ1) is 9.44. The van der Waals surface area contributed by atoms with Gasteiger partial charge in [0.1, 0.15) is 0 Å². The molecule has 1 heterocycles. The van der Waals surface area contributed by atoms with Crippen LogP contribution < -0.4 is 5.06 Å². The van der Waals surface area contributed by atoms with E-state index in [1.54, 1.807) is 27.7 Å². The van der Waals surface area contributed by atoms with Gasteiger partial charge in [-0.2, -0.15) is 0 Å². The molecule has 1 aliphatic rings. The van der Waals surface area contributed by atoms with Crippen molar-refractivity contribution in [2.75, 3.05) is 0 Å². The number of carbonyl (C=O) groups excluding carboxylic acids is 1. The number of amides is 2. The molecule has 2 amide bonds. The van der Waals surface area contributed by atoms with Crippen molar-refractivity contribution in [3.05, 3.63) is 5.21 Å². The quantitative estimate of drug-likeness (QED) is 0.498. The van der Waals surface area contributed by atoms with Gasteiger partial charge in [-0.1, -0.05) is 0 Å². The molecule has 0 aromatic heterocycles. The van der Waals surface area contributed by atoms with Gasteiger partial charge >= 0.3 is 6.03 Å². The van der Waals surface area contributed by atoms with Crippen molar-refractivity contribution in [2.24, 2.45) is 0 Å². The average Bonchev–Trinajstić information content (AvgIpc) is 2.05. The van der Waals surface area contributed by atoms with Crippen LogP contribution in [0.2, 0.25) is 0 Å². The summed E-state index contributed by atoms with van der Waals surface area (Å²) >= 11 is 0. The van der Waals surface area contributed by atoms with E-state index in [4.69, 9.17) is 0 Å². The van der Waals surface area contributed by atoms with Gasteiger partial charge in [-0.3, -0.25) is 0 Å². The number of carbonyl (C=O) groups is 1. The lowest BCUT2D eigenvalue weighted by molar-refractivity contribution is -1.05. The predicted molar refractivity (Wildman–Crippen MR) is 41.5 cm³/mol. The zero-order valence-corrected chi connectivity index (χ0v) is 7.71. The molecule has 1 atom stereocenters. The van der Waals surface area contributed by atoms with Crippen LogP contribution in [0.3, 0.4) is 0 Å². The number of nitrogens with one attached hydrogen (secondary N) is 1. The first-order valence-electron chi connectivity index (χ1n) is 3.81. The number of hydrogen-bond donors (Lipinski definition) is 2. The smallest absolute Gasteiger partial charge is 0.440 e. The van der Waals surface area contributed by atoms with E-state index in [1.165, 1.54) is 0 Å². The predicted octanol–water partition coefficient (Wildman–Crippen LogP) is -0.249. The second kappa shape index (κ2) is 2.18. The monoisotopic (exact) mass is 174 g/mol. The van der Waals surface area contributed by atoms with Gasteiger partial charge in [-0.25, -0.2) is 10.0 Å². The Morgan fingerprint density at radius 3 is 1.92 bits per heavy atom. The maximum absolute atomic E-state index is 11.2. The van der Waals surface area contributed by atoms with Gasteiger partial charge < -0.3 is 10.3 Å². The van der Waals surface area contributed by atoms with Crippen molar-refractivity contribution in [1.82, 2.24) is 5.06 Å². The van der Waals surface area contributed by atoms with Gasteiger partial charge in [0.2, 0.25) is 0 Å². The Hall–Kier alpha value is -0.650. The summed E-state index contributed by atoms with van der Waals surface area (Å²) < 4.78 is 0. The standard InChI is InChI=1S/C7H13N2O3/c1-6(2)7(3,4)9(12)5(10)8(6)11/h11H,1-4H3/q-1/p+1. The molecule has 5 nitrogen and oxygen atoms in total. The molecule has 5 heteroatoms.